The summed E-state index contributed by atoms with van der Waals surface area (Å²) >= 11 is 0. The van der Waals surface area contributed by atoms with Gasteiger partial charge < -0.3 is 15.1 Å². The summed E-state index contributed by atoms with van der Waals surface area (Å²) < 4.78 is 38.4. The standard InChI is InChI=1S/C17H20F3N3O2/c18-17(19,20)13-5-3-8-22(11-13)16(25)21-7-9-23-14-6-2-1-4-12(14)10-15(23)24/h1-2,4,6,13H,3,5,7-11H2,(H,21,25). The summed E-state index contributed by atoms with van der Waals surface area (Å²) in [5.74, 6) is -1.50. The number of hydrogen-bond donors (Lipinski definition) is 1. The van der Waals surface area contributed by atoms with Crippen molar-refractivity contribution in [3.63, 3.8) is 0 Å². The average molecular weight is 355 g/mol. The van der Waals surface area contributed by atoms with Crippen molar-refractivity contribution in [1.82, 2.24) is 10.2 Å². The highest BCUT2D eigenvalue weighted by atomic mass is 19.4. The molecule has 1 saturated heterocycles. The van der Waals surface area contributed by atoms with Crippen LogP contribution in [0.5, 0.6) is 0 Å². The second-order valence-corrected chi connectivity index (χ2v) is 6.41. The van der Waals surface area contributed by atoms with Crippen molar-refractivity contribution in [2.75, 3.05) is 31.1 Å². The highest BCUT2D eigenvalue weighted by molar-refractivity contribution is 6.01. The zero-order valence-corrected chi connectivity index (χ0v) is 13.7. The van der Waals surface area contributed by atoms with Crippen molar-refractivity contribution in [1.29, 1.82) is 0 Å². The van der Waals surface area contributed by atoms with Crippen LogP contribution < -0.4 is 10.2 Å². The molecule has 2 heterocycles. The maximum Gasteiger partial charge on any atom is 0.393 e. The number of carbonyl (C=O) groups excluding carboxylic acids is 2. The largest absolute Gasteiger partial charge is 0.393 e. The highest BCUT2D eigenvalue weighted by Gasteiger charge is 2.42. The number of alkyl halides is 3. The number of carbonyl (C=O) groups is 2. The van der Waals surface area contributed by atoms with E-state index in [4.69, 9.17) is 0 Å². The lowest BCUT2D eigenvalue weighted by molar-refractivity contribution is -0.184. The summed E-state index contributed by atoms with van der Waals surface area (Å²) in [7, 11) is 0. The Morgan fingerprint density at radius 3 is 2.80 bits per heavy atom. The van der Waals surface area contributed by atoms with Gasteiger partial charge >= 0.3 is 12.2 Å². The molecule has 0 radical (unpaired) electrons. The Hall–Kier alpha value is -2.25. The van der Waals surface area contributed by atoms with Crippen LogP contribution >= 0.6 is 0 Å². The van der Waals surface area contributed by atoms with Crippen molar-refractivity contribution in [3.05, 3.63) is 29.8 Å². The lowest BCUT2D eigenvalue weighted by Crippen LogP contribution is -2.49. The molecule has 1 N–H and O–H groups in total. The second-order valence-electron chi connectivity index (χ2n) is 6.41. The van der Waals surface area contributed by atoms with Gasteiger partial charge in [-0.1, -0.05) is 18.2 Å². The normalized spacial score (nSPS) is 20.6. The fraction of sp³-hybridized carbons (Fsp3) is 0.529. The maximum atomic E-state index is 12.8. The lowest BCUT2D eigenvalue weighted by Gasteiger charge is -2.33. The Labute approximate surface area is 143 Å². The Bertz CT molecular complexity index is 663. The van der Waals surface area contributed by atoms with E-state index in [1.54, 1.807) is 4.90 Å². The van der Waals surface area contributed by atoms with E-state index in [0.717, 1.165) is 11.3 Å². The van der Waals surface area contributed by atoms with Crippen LogP contribution in [0.25, 0.3) is 0 Å². The minimum absolute atomic E-state index is 0.0365. The quantitative estimate of drug-likeness (QED) is 0.906. The first kappa shape index (κ1) is 17.6. The van der Waals surface area contributed by atoms with Crippen LogP contribution in [0.1, 0.15) is 18.4 Å². The number of amides is 3. The van der Waals surface area contributed by atoms with E-state index in [9.17, 15) is 22.8 Å². The molecule has 136 valence electrons. The van der Waals surface area contributed by atoms with Crippen molar-refractivity contribution in [2.45, 2.75) is 25.4 Å². The van der Waals surface area contributed by atoms with Crippen LogP contribution in [0, 0.1) is 5.92 Å². The minimum atomic E-state index is -4.27. The van der Waals surface area contributed by atoms with Gasteiger partial charge in [0.15, 0.2) is 0 Å². The first-order valence-electron chi connectivity index (χ1n) is 8.34. The molecule has 1 atom stereocenters. The number of nitrogens with zero attached hydrogens (tertiary/aromatic N) is 2. The molecular weight excluding hydrogens is 335 g/mol. The zero-order valence-electron chi connectivity index (χ0n) is 13.7. The number of hydrogen-bond acceptors (Lipinski definition) is 2. The van der Waals surface area contributed by atoms with Crippen LogP contribution in [0.4, 0.5) is 23.7 Å². The number of urea groups is 1. The molecule has 3 amide bonds. The zero-order chi connectivity index (χ0) is 18.0. The van der Waals surface area contributed by atoms with Gasteiger partial charge in [-0.2, -0.15) is 13.2 Å². The van der Waals surface area contributed by atoms with Crippen LogP contribution in [-0.4, -0.2) is 49.2 Å². The second kappa shape index (κ2) is 6.93. The van der Waals surface area contributed by atoms with Gasteiger partial charge in [-0.15, -0.1) is 0 Å². The van der Waals surface area contributed by atoms with E-state index in [2.05, 4.69) is 5.32 Å². The molecule has 1 unspecified atom stereocenters. The molecule has 0 aliphatic carbocycles. The van der Waals surface area contributed by atoms with Crippen LogP contribution in [0.2, 0.25) is 0 Å². The van der Waals surface area contributed by atoms with E-state index in [-0.39, 0.29) is 25.4 Å². The predicted molar refractivity (Wildman–Crippen MR) is 86.2 cm³/mol. The monoisotopic (exact) mass is 355 g/mol. The van der Waals surface area contributed by atoms with Gasteiger partial charge in [0.05, 0.1) is 12.3 Å². The SMILES string of the molecule is O=C(NCCN1C(=O)Cc2ccccc21)N1CCCC(C(F)(F)F)C1. The highest BCUT2D eigenvalue weighted by Crippen LogP contribution is 2.33. The molecule has 1 aromatic rings. The summed E-state index contributed by atoms with van der Waals surface area (Å²) in [6.45, 7) is 0.523. The minimum Gasteiger partial charge on any atom is -0.336 e. The van der Waals surface area contributed by atoms with Gasteiger partial charge in [0, 0.05) is 31.9 Å². The number of likely N-dealkylation sites (tertiary alicyclic amines) is 1. The third-order valence-electron chi connectivity index (χ3n) is 4.71. The third-order valence-corrected chi connectivity index (χ3v) is 4.71. The van der Waals surface area contributed by atoms with Gasteiger partial charge in [-0.3, -0.25) is 4.79 Å². The van der Waals surface area contributed by atoms with Crippen LogP contribution in [0.15, 0.2) is 24.3 Å². The molecule has 0 bridgehead atoms. The number of halogens is 3. The van der Waals surface area contributed by atoms with E-state index >= 15 is 0 Å². The summed E-state index contributed by atoms with van der Waals surface area (Å²) in [6.07, 6.45) is -3.53. The summed E-state index contributed by atoms with van der Waals surface area (Å²) in [6, 6.07) is 6.94. The van der Waals surface area contributed by atoms with Gasteiger partial charge in [-0.25, -0.2) is 4.79 Å². The Morgan fingerprint density at radius 1 is 1.28 bits per heavy atom. The summed E-state index contributed by atoms with van der Waals surface area (Å²) in [4.78, 5) is 27.0. The number of para-hydroxylation sites is 1. The molecule has 3 rings (SSSR count). The number of nitrogens with one attached hydrogen (secondary N) is 1. The Kier molecular flexibility index (Phi) is 4.87. The van der Waals surface area contributed by atoms with Crippen LogP contribution in [0.3, 0.4) is 0 Å². The molecule has 0 aromatic heterocycles. The van der Waals surface area contributed by atoms with Crippen molar-refractivity contribution >= 4 is 17.6 Å². The Morgan fingerprint density at radius 2 is 2.04 bits per heavy atom. The van der Waals surface area contributed by atoms with Gasteiger partial charge in [-0.05, 0) is 24.5 Å². The predicted octanol–water partition coefficient (Wildman–Crippen LogP) is 2.56. The number of rotatable bonds is 3. The first-order chi connectivity index (χ1) is 11.9. The van der Waals surface area contributed by atoms with Gasteiger partial charge in [0.2, 0.25) is 5.91 Å². The summed E-state index contributed by atoms with van der Waals surface area (Å²) in [5, 5.41) is 2.63. The molecule has 1 fully saturated rings. The number of piperidine rings is 1. The number of fused-ring (bicyclic) bond motifs is 1. The molecule has 25 heavy (non-hydrogen) atoms. The van der Waals surface area contributed by atoms with Crippen LogP contribution in [-0.2, 0) is 11.2 Å². The van der Waals surface area contributed by atoms with E-state index in [1.165, 1.54) is 4.90 Å². The molecule has 2 aliphatic heterocycles. The fourth-order valence-electron chi connectivity index (χ4n) is 3.38. The van der Waals surface area contributed by atoms with E-state index < -0.39 is 18.1 Å². The average Bonchev–Trinajstić information content (AvgIpc) is 2.90. The third kappa shape index (κ3) is 3.88. The maximum absolute atomic E-state index is 12.8. The fourth-order valence-corrected chi connectivity index (χ4v) is 3.38. The topological polar surface area (TPSA) is 52.7 Å². The molecular formula is C17H20F3N3O2. The molecule has 0 saturated carbocycles. The molecule has 5 nitrogen and oxygen atoms in total. The van der Waals surface area contributed by atoms with Gasteiger partial charge in [0.25, 0.3) is 0 Å². The first-order valence-corrected chi connectivity index (χ1v) is 8.34. The summed E-state index contributed by atoms with van der Waals surface area (Å²) in [5.41, 5.74) is 1.78. The van der Waals surface area contributed by atoms with Gasteiger partial charge in [0.1, 0.15) is 0 Å². The lowest BCUT2D eigenvalue weighted by atomic mass is 9.98. The molecule has 1 aromatic carbocycles. The number of anilines is 1. The smallest absolute Gasteiger partial charge is 0.336 e. The van der Waals surface area contributed by atoms with E-state index in [1.807, 2.05) is 24.3 Å². The molecule has 8 heteroatoms. The van der Waals surface area contributed by atoms with E-state index in [0.29, 0.717) is 25.9 Å². The molecule has 0 spiro atoms. The van der Waals surface area contributed by atoms with Crippen molar-refractivity contribution < 1.29 is 22.8 Å². The Balaban J connectivity index is 1.51. The van der Waals surface area contributed by atoms with Crippen molar-refractivity contribution in [3.8, 4) is 0 Å². The number of benzene rings is 1. The molecule has 2 aliphatic rings. The van der Waals surface area contributed by atoms with Crippen molar-refractivity contribution in [2.24, 2.45) is 5.92 Å².